The highest BCUT2D eigenvalue weighted by atomic mass is 16.2. The molecule has 1 heterocycles. The van der Waals surface area contributed by atoms with E-state index in [-0.39, 0.29) is 17.8 Å². The lowest BCUT2D eigenvalue weighted by Crippen LogP contribution is -2.28. The van der Waals surface area contributed by atoms with Crippen molar-refractivity contribution in [1.29, 1.82) is 5.41 Å². The van der Waals surface area contributed by atoms with Crippen LogP contribution in [0, 0.1) is 24.2 Å². The van der Waals surface area contributed by atoms with Gasteiger partial charge in [0.25, 0.3) is 5.91 Å². The van der Waals surface area contributed by atoms with Crippen LogP contribution in [0.3, 0.4) is 0 Å². The summed E-state index contributed by atoms with van der Waals surface area (Å²) in [6.45, 7) is 5.65. The first-order valence-electron chi connectivity index (χ1n) is 9.56. The number of aryl methyl sites for hydroxylation is 1. The predicted molar refractivity (Wildman–Crippen MR) is 114 cm³/mol. The van der Waals surface area contributed by atoms with Gasteiger partial charge in [-0.15, -0.1) is 0 Å². The van der Waals surface area contributed by atoms with Crippen molar-refractivity contribution in [2.24, 2.45) is 5.73 Å². The molecule has 28 heavy (non-hydrogen) atoms. The molecule has 1 saturated heterocycles. The van der Waals surface area contributed by atoms with E-state index in [0.29, 0.717) is 5.56 Å². The highest BCUT2D eigenvalue weighted by molar-refractivity contribution is 5.96. The van der Waals surface area contributed by atoms with E-state index in [4.69, 9.17) is 11.1 Å². The number of rotatable bonds is 4. The summed E-state index contributed by atoms with van der Waals surface area (Å²) < 4.78 is 0. The Kier molecular flexibility index (Phi) is 6.00. The van der Waals surface area contributed by atoms with Crippen LogP contribution in [-0.4, -0.2) is 35.8 Å². The maximum atomic E-state index is 12.6. The number of amidine groups is 1. The fourth-order valence-electron chi connectivity index (χ4n) is 3.33. The molecule has 1 fully saturated rings. The average molecular weight is 374 g/mol. The largest absolute Gasteiger partial charge is 0.384 e. The summed E-state index contributed by atoms with van der Waals surface area (Å²) in [6.07, 6.45) is 2.18. The molecule has 5 heteroatoms. The Morgan fingerprint density at radius 3 is 2.64 bits per heavy atom. The quantitative estimate of drug-likeness (QED) is 0.436. The summed E-state index contributed by atoms with van der Waals surface area (Å²) in [6, 6.07) is 13.1. The summed E-state index contributed by atoms with van der Waals surface area (Å²) in [5.41, 5.74) is 9.70. The molecule has 0 bridgehead atoms. The van der Waals surface area contributed by atoms with E-state index in [1.807, 2.05) is 55.1 Å². The molecule has 4 N–H and O–H groups in total. The minimum Gasteiger partial charge on any atom is -0.384 e. The molecule has 2 aromatic rings. The Labute approximate surface area is 166 Å². The molecule has 2 aromatic carbocycles. The number of nitrogens with zero attached hydrogens (tertiary/aromatic N) is 1. The molecular weight excluding hydrogens is 348 g/mol. The monoisotopic (exact) mass is 374 g/mol. The van der Waals surface area contributed by atoms with Gasteiger partial charge in [-0.3, -0.25) is 10.2 Å². The molecule has 144 valence electrons. The Bertz CT molecular complexity index is 949. The zero-order valence-electron chi connectivity index (χ0n) is 16.4. The van der Waals surface area contributed by atoms with E-state index in [1.54, 1.807) is 6.07 Å². The summed E-state index contributed by atoms with van der Waals surface area (Å²) in [4.78, 5) is 14.5. The van der Waals surface area contributed by atoms with Gasteiger partial charge in [0.15, 0.2) is 0 Å². The van der Waals surface area contributed by atoms with Gasteiger partial charge in [-0.05, 0) is 62.6 Å². The molecule has 1 aliphatic rings. The molecule has 0 radical (unpaired) electrons. The molecule has 5 nitrogen and oxygen atoms in total. The zero-order chi connectivity index (χ0) is 20.1. The molecule has 3 rings (SSSR count). The van der Waals surface area contributed by atoms with Gasteiger partial charge in [0.05, 0.1) is 6.04 Å². The predicted octanol–water partition coefficient (Wildman–Crippen LogP) is 3.37. The fraction of sp³-hybridized carbons (Fsp3) is 0.304. The Morgan fingerprint density at radius 2 is 1.96 bits per heavy atom. The zero-order valence-corrected chi connectivity index (χ0v) is 16.4. The highest BCUT2D eigenvalue weighted by Gasteiger charge is 2.20. The Hall–Kier alpha value is -3.26. The number of carbonyl (C=O) groups is 1. The van der Waals surface area contributed by atoms with Crippen LogP contribution in [0.5, 0.6) is 0 Å². The van der Waals surface area contributed by atoms with Gasteiger partial charge in [-0.2, -0.15) is 0 Å². The standard InChI is InChI=1S/C23H26N4O/c1-16-14-18(10-11-21(16)23(28)27-12-3-4-13-27)9-8-17(2)26-20-7-5-6-19(15-20)22(24)25/h5-7,10-11,14-15,17,26H,3-4,12-13H2,1-2H3,(H3,24,25). The second-order valence-corrected chi connectivity index (χ2v) is 7.16. The Morgan fingerprint density at radius 1 is 1.21 bits per heavy atom. The normalized spacial score (nSPS) is 14.1. The number of nitrogen functional groups attached to an aromatic ring is 1. The average Bonchev–Trinajstić information content (AvgIpc) is 3.21. The van der Waals surface area contributed by atoms with Gasteiger partial charge in [-0.1, -0.05) is 24.0 Å². The van der Waals surface area contributed by atoms with E-state index in [0.717, 1.165) is 48.3 Å². The van der Waals surface area contributed by atoms with Gasteiger partial charge in [0.1, 0.15) is 5.84 Å². The first kappa shape index (κ1) is 19.5. The van der Waals surface area contributed by atoms with Crippen LogP contribution in [-0.2, 0) is 0 Å². The van der Waals surface area contributed by atoms with E-state index >= 15 is 0 Å². The van der Waals surface area contributed by atoms with Crippen molar-refractivity contribution in [2.75, 3.05) is 18.4 Å². The molecule has 0 aliphatic carbocycles. The smallest absolute Gasteiger partial charge is 0.254 e. The summed E-state index contributed by atoms with van der Waals surface area (Å²) in [7, 11) is 0. The van der Waals surface area contributed by atoms with Crippen LogP contribution >= 0.6 is 0 Å². The molecule has 0 saturated carbocycles. The number of benzene rings is 2. The molecule has 1 atom stereocenters. The lowest BCUT2D eigenvalue weighted by molar-refractivity contribution is 0.0792. The van der Waals surface area contributed by atoms with Crippen LogP contribution in [0.1, 0.15) is 46.8 Å². The number of carbonyl (C=O) groups excluding carboxylic acids is 1. The minimum absolute atomic E-state index is 0.0430. The van der Waals surface area contributed by atoms with Crippen LogP contribution < -0.4 is 11.1 Å². The second-order valence-electron chi connectivity index (χ2n) is 7.16. The molecule has 1 aliphatic heterocycles. The van der Waals surface area contributed by atoms with Crippen LogP contribution in [0.4, 0.5) is 5.69 Å². The van der Waals surface area contributed by atoms with Gasteiger partial charge < -0.3 is 16.0 Å². The molecule has 1 unspecified atom stereocenters. The van der Waals surface area contributed by atoms with Crippen LogP contribution in [0.15, 0.2) is 42.5 Å². The fourth-order valence-corrected chi connectivity index (χ4v) is 3.33. The summed E-state index contributed by atoms with van der Waals surface area (Å²) in [5.74, 6) is 6.52. The third-order valence-electron chi connectivity index (χ3n) is 4.84. The van der Waals surface area contributed by atoms with Crippen molar-refractivity contribution < 1.29 is 4.79 Å². The van der Waals surface area contributed by atoms with Crippen LogP contribution in [0.25, 0.3) is 0 Å². The number of amides is 1. The van der Waals surface area contributed by atoms with Gasteiger partial charge in [0, 0.05) is 35.5 Å². The lowest BCUT2D eigenvalue weighted by atomic mass is 10.0. The molecule has 0 spiro atoms. The number of anilines is 1. The maximum absolute atomic E-state index is 12.6. The minimum atomic E-state index is -0.0755. The Balaban J connectivity index is 1.68. The number of hydrogen-bond acceptors (Lipinski definition) is 3. The first-order valence-corrected chi connectivity index (χ1v) is 9.56. The number of nitrogens with two attached hydrogens (primary N) is 1. The van der Waals surface area contributed by atoms with Gasteiger partial charge in [0.2, 0.25) is 0 Å². The second kappa shape index (κ2) is 8.62. The third kappa shape index (κ3) is 4.72. The first-order chi connectivity index (χ1) is 13.4. The number of nitrogens with one attached hydrogen (secondary N) is 2. The van der Waals surface area contributed by atoms with Gasteiger partial charge >= 0.3 is 0 Å². The van der Waals surface area contributed by atoms with E-state index in [2.05, 4.69) is 17.2 Å². The van der Waals surface area contributed by atoms with Crippen molar-refractivity contribution in [3.8, 4) is 11.8 Å². The van der Waals surface area contributed by atoms with E-state index in [9.17, 15) is 4.79 Å². The maximum Gasteiger partial charge on any atom is 0.254 e. The summed E-state index contributed by atoms with van der Waals surface area (Å²) in [5, 5.41) is 10.8. The van der Waals surface area contributed by atoms with Gasteiger partial charge in [-0.25, -0.2) is 0 Å². The van der Waals surface area contributed by atoms with Crippen molar-refractivity contribution >= 4 is 17.4 Å². The van der Waals surface area contributed by atoms with Crippen molar-refractivity contribution in [2.45, 2.75) is 32.7 Å². The van der Waals surface area contributed by atoms with E-state index in [1.165, 1.54) is 0 Å². The van der Waals surface area contributed by atoms with Crippen molar-refractivity contribution in [3.05, 3.63) is 64.7 Å². The third-order valence-corrected chi connectivity index (χ3v) is 4.84. The van der Waals surface area contributed by atoms with Crippen molar-refractivity contribution in [3.63, 3.8) is 0 Å². The topological polar surface area (TPSA) is 82.2 Å². The number of hydrogen-bond donors (Lipinski definition) is 3. The molecule has 1 amide bonds. The molecule has 0 aromatic heterocycles. The number of likely N-dealkylation sites (tertiary alicyclic amines) is 1. The highest BCUT2D eigenvalue weighted by Crippen LogP contribution is 2.17. The lowest BCUT2D eigenvalue weighted by Gasteiger charge is -2.16. The molecular formula is C23H26N4O. The summed E-state index contributed by atoms with van der Waals surface area (Å²) >= 11 is 0. The SMILES string of the molecule is Cc1cc(C#CC(C)Nc2cccc(C(=N)N)c2)ccc1C(=O)N1CCCC1. The van der Waals surface area contributed by atoms with Crippen molar-refractivity contribution in [1.82, 2.24) is 4.90 Å². The van der Waals surface area contributed by atoms with Crippen LogP contribution in [0.2, 0.25) is 0 Å². The van der Waals surface area contributed by atoms with E-state index < -0.39 is 0 Å².